The molecule has 0 amide bonds. The predicted molar refractivity (Wildman–Crippen MR) is 72.7 cm³/mol. The molecule has 1 aliphatic carbocycles. The summed E-state index contributed by atoms with van der Waals surface area (Å²) >= 11 is 0. The van der Waals surface area contributed by atoms with Crippen molar-refractivity contribution < 1.29 is 0 Å². The van der Waals surface area contributed by atoms with Gasteiger partial charge in [0.05, 0.1) is 6.07 Å². The minimum atomic E-state index is 0.239. The van der Waals surface area contributed by atoms with Crippen LogP contribution in [0, 0.1) is 22.2 Å². The molecule has 1 aliphatic rings. The first-order chi connectivity index (χ1) is 7.87. The Bertz CT molecular complexity index is 273. The van der Waals surface area contributed by atoms with Gasteiger partial charge in [-0.1, -0.05) is 40.5 Å². The Morgan fingerprint density at radius 1 is 1.35 bits per heavy atom. The second-order valence-corrected chi connectivity index (χ2v) is 6.99. The SMILES string of the molecule is CC(C)(CCC#N)CNC1CCCCC1(C)C. The van der Waals surface area contributed by atoms with Crippen molar-refractivity contribution in [3.8, 4) is 6.07 Å². The lowest BCUT2D eigenvalue weighted by Gasteiger charge is -2.41. The fraction of sp³-hybridized carbons (Fsp3) is 0.933. The number of hydrogen-bond donors (Lipinski definition) is 1. The van der Waals surface area contributed by atoms with E-state index in [1.807, 2.05) is 0 Å². The Kier molecular flexibility index (Phi) is 5.01. The third-order valence-electron chi connectivity index (χ3n) is 4.25. The molecule has 0 saturated heterocycles. The van der Waals surface area contributed by atoms with Gasteiger partial charge < -0.3 is 5.32 Å². The molecule has 0 spiro atoms. The Labute approximate surface area is 107 Å². The largest absolute Gasteiger partial charge is 0.313 e. The Hall–Kier alpha value is -0.550. The highest BCUT2D eigenvalue weighted by atomic mass is 14.9. The van der Waals surface area contributed by atoms with Crippen LogP contribution < -0.4 is 5.32 Å². The summed E-state index contributed by atoms with van der Waals surface area (Å²) in [6.45, 7) is 10.3. The molecule has 0 aromatic rings. The quantitative estimate of drug-likeness (QED) is 0.786. The molecule has 0 heterocycles. The molecule has 0 aromatic heterocycles. The predicted octanol–water partition coefficient (Wildman–Crippen LogP) is 3.87. The van der Waals surface area contributed by atoms with E-state index in [4.69, 9.17) is 5.26 Å². The van der Waals surface area contributed by atoms with Crippen molar-refractivity contribution in [1.82, 2.24) is 5.32 Å². The monoisotopic (exact) mass is 236 g/mol. The lowest BCUT2D eigenvalue weighted by molar-refractivity contribution is 0.151. The third kappa shape index (κ3) is 4.68. The average molecular weight is 236 g/mol. The molecule has 1 atom stereocenters. The first-order valence-corrected chi connectivity index (χ1v) is 6.98. The molecule has 0 aromatic carbocycles. The number of rotatable bonds is 5. The molecule has 0 radical (unpaired) electrons. The summed E-state index contributed by atoms with van der Waals surface area (Å²) in [6, 6.07) is 2.90. The molecule has 0 bridgehead atoms. The van der Waals surface area contributed by atoms with Gasteiger partial charge >= 0.3 is 0 Å². The molecule has 1 rings (SSSR count). The smallest absolute Gasteiger partial charge is 0.0621 e. The van der Waals surface area contributed by atoms with Crippen LogP contribution in [0.1, 0.15) is 66.2 Å². The van der Waals surface area contributed by atoms with Crippen LogP contribution in [-0.4, -0.2) is 12.6 Å². The first-order valence-electron chi connectivity index (χ1n) is 6.98. The van der Waals surface area contributed by atoms with Crippen LogP contribution in [0.15, 0.2) is 0 Å². The summed E-state index contributed by atoms with van der Waals surface area (Å²) in [5.74, 6) is 0. The van der Waals surface area contributed by atoms with Gasteiger partial charge in [-0.05, 0) is 30.1 Å². The number of nitrogens with zero attached hydrogens (tertiary/aromatic N) is 1. The summed E-state index contributed by atoms with van der Waals surface area (Å²) in [5, 5.41) is 12.4. The lowest BCUT2D eigenvalue weighted by Crippen LogP contribution is -2.47. The van der Waals surface area contributed by atoms with Crippen molar-refractivity contribution in [2.24, 2.45) is 10.8 Å². The van der Waals surface area contributed by atoms with E-state index in [1.54, 1.807) is 0 Å². The minimum absolute atomic E-state index is 0.239. The van der Waals surface area contributed by atoms with E-state index in [9.17, 15) is 0 Å². The molecule has 17 heavy (non-hydrogen) atoms. The third-order valence-corrected chi connectivity index (χ3v) is 4.25. The Balaban J connectivity index is 2.41. The number of nitrogens with one attached hydrogen (secondary N) is 1. The van der Waals surface area contributed by atoms with Gasteiger partial charge in [0, 0.05) is 19.0 Å². The molecule has 1 fully saturated rings. The van der Waals surface area contributed by atoms with Crippen LogP contribution in [0.2, 0.25) is 0 Å². The number of nitriles is 1. The summed E-state index contributed by atoms with van der Waals surface area (Å²) < 4.78 is 0. The van der Waals surface area contributed by atoms with E-state index in [1.165, 1.54) is 25.7 Å². The zero-order valence-electron chi connectivity index (χ0n) is 12.0. The van der Waals surface area contributed by atoms with Crippen molar-refractivity contribution in [1.29, 1.82) is 5.26 Å². The topological polar surface area (TPSA) is 35.8 Å². The highest BCUT2D eigenvalue weighted by molar-refractivity contribution is 4.89. The molecular weight excluding hydrogens is 208 g/mol. The van der Waals surface area contributed by atoms with Crippen LogP contribution in [0.5, 0.6) is 0 Å². The van der Waals surface area contributed by atoms with Gasteiger partial charge in [-0.15, -0.1) is 0 Å². The molecule has 2 heteroatoms. The number of hydrogen-bond acceptors (Lipinski definition) is 2. The van der Waals surface area contributed by atoms with Crippen LogP contribution in [0.4, 0.5) is 0 Å². The molecule has 1 saturated carbocycles. The van der Waals surface area contributed by atoms with E-state index in [2.05, 4.69) is 39.1 Å². The zero-order valence-corrected chi connectivity index (χ0v) is 12.0. The molecule has 2 nitrogen and oxygen atoms in total. The van der Waals surface area contributed by atoms with Crippen molar-refractivity contribution in [3.05, 3.63) is 0 Å². The van der Waals surface area contributed by atoms with Gasteiger partial charge in [-0.2, -0.15) is 5.26 Å². The first kappa shape index (κ1) is 14.5. The van der Waals surface area contributed by atoms with Gasteiger partial charge in [0.2, 0.25) is 0 Å². The van der Waals surface area contributed by atoms with Gasteiger partial charge in [-0.25, -0.2) is 0 Å². The summed E-state index contributed by atoms with van der Waals surface area (Å²) in [4.78, 5) is 0. The van der Waals surface area contributed by atoms with Gasteiger partial charge in [-0.3, -0.25) is 0 Å². The lowest BCUT2D eigenvalue weighted by atomic mass is 9.73. The summed E-state index contributed by atoms with van der Waals surface area (Å²) in [5.41, 5.74) is 0.673. The second-order valence-electron chi connectivity index (χ2n) is 6.99. The zero-order chi connectivity index (χ0) is 12.9. The molecule has 1 N–H and O–H groups in total. The van der Waals surface area contributed by atoms with Crippen molar-refractivity contribution in [3.63, 3.8) is 0 Å². The minimum Gasteiger partial charge on any atom is -0.313 e. The van der Waals surface area contributed by atoms with Crippen molar-refractivity contribution in [2.75, 3.05) is 6.54 Å². The molecule has 98 valence electrons. The Morgan fingerprint density at radius 2 is 2.06 bits per heavy atom. The Morgan fingerprint density at radius 3 is 2.65 bits per heavy atom. The van der Waals surface area contributed by atoms with E-state index in [0.717, 1.165) is 13.0 Å². The van der Waals surface area contributed by atoms with E-state index in [0.29, 0.717) is 17.9 Å². The molecular formula is C15H28N2. The van der Waals surface area contributed by atoms with E-state index in [-0.39, 0.29) is 5.41 Å². The molecule has 0 aliphatic heterocycles. The average Bonchev–Trinajstić information content (AvgIpc) is 2.24. The van der Waals surface area contributed by atoms with E-state index >= 15 is 0 Å². The second kappa shape index (κ2) is 5.87. The van der Waals surface area contributed by atoms with Crippen LogP contribution in [0.3, 0.4) is 0 Å². The van der Waals surface area contributed by atoms with Crippen LogP contribution in [0.25, 0.3) is 0 Å². The van der Waals surface area contributed by atoms with Crippen molar-refractivity contribution in [2.45, 2.75) is 72.3 Å². The maximum Gasteiger partial charge on any atom is 0.0621 e. The highest BCUT2D eigenvalue weighted by Gasteiger charge is 2.32. The molecule has 1 unspecified atom stereocenters. The maximum atomic E-state index is 8.66. The fourth-order valence-corrected chi connectivity index (χ4v) is 2.75. The van der Waals surface area contributed by atoms with Gasteiger partial charge in [0.15, 0.2) is 0 Å². The maximum absolute atomic E-state index is 8.66. The van der Waals surface area contributed by atoms with Crippen molar-refractivity contribution >= 4 is 0 Å². The fourth-order valence-electron chi connectivity index (χ4n) is 2.75. The highest BCUT2D eigenvalue weighted by Crippen LogP contribution is 2.36. The summed E-state index contributed by atoms with van der Waals surface area (Å²) in [6.07, 6.45) is 7.04. The van der Waals surface area contributed by atoms with Crippen LogP contribution >= 0.6 is 0 Å². The van der Waals surface area contributed by atoms with Gasteiger partial charge in [0.25, 0.3) is 0 Å². The van der Waals surface area contributed by atoms with Gasteiger partial charge in [0.1, 0.15) is 0 Å². The van der Waals surface area contributed by atoms with Crippen LogP contribution in [-0.2, 0) is 0 Å². The normalized spacial score (nSPS) is 24.3. The standard InChI is InChI=1S/C15H28N2/c1-14(2,9-7-11-16)12-17-13-8-5-6-10-15(13,3)4/h13,17H,5-10,12H2,1-4H3. The summed E-state index contributed by atoms with van der Waals surface area (Å²) in [7, 11) is 0. The van der Waals surface area contributed by atoms with E-state index < -0.39 is 0 Å².